The summed E-state index contributed by atoms with van der Waals surface area (Å²) in [5.41, 5.74) is 4.04. The highest BCUT2D eigenvalue weighted by molar-refractivity contribution is 5.78. The lowest BCUT2D eigenvalue weighted by Gasteiger charge is -2.09. The number of rotatable bonds is 3. The van der Waals surface area contributed by atoms with Crippen molar-refractivity contribution in [3.8, 4) is 23.0 Å². The summed E-state index contributed by atoms with van der Waals surface area (Å²) in [6, 6.07) is 9.96. The molecule has 3 aromatic heterocycles. The Morgan fingerprint density at radius 3 is 2.78 bits per heavy atom. The molecule has 3 heterocycles. The van der Waals surface area contributed by atoms with Crippen LogP contribution in [-0.4, -0.2) is 31.2 Å². The topological polar surface area (TPSA) is 57.8 Å². The maximum atomic E-state index is 5.20. The highest BCUT2D eigenvalue weighted by Crippen LogP contribution is 2.25. The molecule has 6 nitrogen and oxygen atoms in total. The van der Waals surface area contributed by atoms with Crippen molar-refractivity contribution >= 4 is 11.0 Å². The van der Waals surface area contributed by atoms with Crippen molar-refractivity contribution in [2.24, 2.45) is 7.05 Å². The molecular weight excluding hydrogens is 290 g/mol. The number of nitrogens with zero attached hydrogens (tertiary/aromatic N) is 5. The molecule has 0 unspecified atom stereocenters. The van der Waals surface area contributed by atoms with Crippen molar-refractivity contribution in [1.29, 1.82) is 0 Å². The van der Waals surface area contributed by atoms with E-state index in [4.69, 9.17) is 4.74 Å². The molecule has 0 saturated heterocycles. The number of aromatic nitrogens is 5. The standard InChI is InChI=1S/C17H15N5O/c1-21-11-20-14-4-3-13(10-15(14)21)22-8-7-19-17(22)12-5-6-18-16(9-12)23-2/h3-11H,1-2H3. The molecule has 114 valence electrons. The van der Waals surface area contributed by atoms with E-state index in [1.54, 1.807) is 19.5 Å². The Balaban J connectivity index is 1.86. The van der Waals surface area contributed by atoms with E-state index in [-0.39, 0.29) is 0 Å². The van der Waals surface area contributed by atoms with Crippen LogP contribution in [0.2, 0.25) is 0 Å². The van der Waals surface area contributed by atoms with Crippen LogP contribution < -0.4 is 4.74 Å². The summed E-state index contributed by atoms with van der Waals surface area (Å²) < 4.78 is 9.25. The van der Waals surface area contributed by atoms with Crippen molar-refractivity contribution in [3.63, 3.8) is 0 Å². The summed E-state index contributed by atoms with van der Waals surface area (Å²) in [6.45, 7) is 0. The van der Waals surface area contributed by atoms with Crippen LogP contribution in [0.5, 0.6) is 5.88 Å². The minimum atomic E-state index is 0.569. The molecule has 0 aliphatic heterocycles. The van der Waals surface area contributed by atoms with Gasteiger partial charge in [-0.2, -0.15) is 0 Å². The first-order valence-electron chi connectivity index (χ1n) is 7.21. The number of aryl methyl sites for hydroxylation is 1. The quantitative estimate of drug-likeness (QED) is 0.584. The van der Waals surface area contributed by atoms with Crippen molar-refractivity contribution < 1.29 is 4.74 Å². The van der Waals surface area contributed by atoms with Crippen LogP contribution in [-0.2, 0) is 7.05 Å². The number of methoxy groups -OCH3 is 1. The molecule has 0 bridgehead atoms. The smallest absolute Gasteiger partial charge is 0.213 e. The van der Waals surface area contributed by atoms with Gasteiger partial charge in [-0.3, -0.25) is 4.57 Å². The van der Waals surface area contributed by atoms with Gasteiger partial charge in [-0.15, -0.1) is 0 Å². The van der Waals surface area contributed by atoms with Gasteiger partial charge in [0, 0.05) is 43.0 Å². The molecule has 1 aromatic carbocycles. The minimum absolute atomic E-state index is 0.569. The predicted octanol–water partition coefficient (Wildman–Crippen LogP) is 2.83. The molecular formula is C17H15N5O. The minimum Gasteiger partial charge on any atom is -0.481 e. The lowest BCUT2D eigenvalue weighted by atomic mass is 10.2. The molecule has 0 radical (unpaired) electrons. The normalized spacial score (nSPS) is 11.0. The number of imidazole rings is 2. The highest BCUT2D eigenvalue weighted by atomic mass is 16.5. The van der Waals surface area contributed by atoms with Gasteiger partial charge in [0.25, 0.3) is 0 Å². The van der Waals surface area contributed by atoms with Crippen LogP contribution in [0.4, 0.5) is 0 Å². The maximum absolute atomic E-state index is 5.20. The van der Waals surface area contributed by atoms with Gasteiger partial charge in [0.2, 0.25) is 5.88 Å². The maximum Gasteiger partial charge on any atom is 0.213 e. The summed E-state index contributed by atoms with van der Waals surface area (Å²) in [5.74, 6) is 1.41. The third-order valence-corrected chi connectivity index (χ3v) is 3.83. The summed E-state index contributed by atoms with van der Waals surface area (Å²) in [7, 11) is 3.59. The van der Waals surface area contributed by atoms with E-state index in [1.807, 2.05) is 53.0 Å². The van der Waals surface area contributed by atoms with Crippen molar-refractivity contribution in [2.75, 3.05) is 7.11 Å². The third-order valence-electron chi connectivity index (χ3n) is 3.83. The molecule has 6 heteroatoms. The molecule has 4 rings (SSSR count). The SMILES string of the molecule is COc1cc(-c2nccn2-c2ccc3ncn(C)c3c2)ccn1. The predicted molar refractivity (Wildman–Crippen MR) is 87.6 cm³/mol. The van der Waals surface area contributed by atoms with Gasteiger partial charge in [0.05, 0.1) is 24.5 Å². The Kier molecular flexibility index (Phi) is 3.08. The molecule has 0 aliphatic rings. The molecule has 23 heavy (non-hydrogen) atoms. The number of benzene rings is 1. The van der Waals surface area contributed by atoms with Gasteiger partial charge in [0.1, 0.15) is 5.82 Å². The summed E-state index contributed by atoms with van der Waals surface area (Å²) in [6.07, 6.45) is 7.27. The zero-order valence-electron chi connectivity index (χ0n) is 12.8. The monoisotopic (exact) mass is 305 g/mol. The lowest BCUT2D eigenvalue weighted by molar-refractivity contribution is 0.398. The number of fused-ring (bicyclic) bond motifs is 1. The van der Waals surface area contributed by atoms with Crippen LogP contribution in [0, 0.1) is 0 Å². The van der Waals surface area contributed by atoms with Crippen LogP contribution in [0.1, 0.15) is 0 Å². The van der Waals surface area contributed by atoms with Gasteiger partial charge in [0.15, 0.2) is 0 Å². The lowest BCUT2D eigenvalue weighted by Crippen LogP contribution is -1.98. The van der Waals surface area contributed by atoms with Crippen LogP contribution in [0.15, 0.2) is 55.2 Å². The van der Waals surface area contributed by atoms with Crippen molar-refractivity contribution in [3.05, 3.63) is 55.2 Å². The first-order valence-corrected chi connectivity index (χ1v) is 7.21. The fraction of sp³-hybridized carbons (Fsp3) is 0.118. The Morgan fingerprint density at radius 2 is 1.91 bits per heavy atom. The molecule has 4 aromatic rings. The number of hydrogen-bond donors (Lipinski definition) is 0. The van der Waals surface area contributed by atoms with Crippen LogP contribution in [0.3, 0.4) is 0 Å². The molecule has 0 N–H and O–H groups in total. The Labute approximate surface area is 133 Å². The average Bonchev–Trinajstić information content (AvgIpc) is 3.22. The van der Waals surface area contributed by atoms with E-state index in [0.717, 1.165) is 28.1 Å². The molecule has 0 aliphatic carbocycles. The van der Waals surface area contributed by atoms with Gasteiger partial charge in [-0.25, -0.2) is 15.0 Å². The van der Waals surface area contributed by atoms with Crippen molar-refractivity contribution in [2.45, 2.75) is 0 Å². The van der Waals surface area contributed by atoms with E-state index < -0.39 is 0 Å². The Hall–Kier alpha value is -3.15. The fourth-order valence-corrected chi connectivity index (χ4v) is 2.65. The second-order valence-corrected chi connectivity index (χ2v) is 5.24. The van der Waals surface area contributed by atoms with E-state index in [9.17, 15) is 0 Å². The summed E-state index contributed by atoms with van der Waals surface area (Å²) >= 11 is 0. The van der Waals surface area contributed by atoms with Gasteiger partial charge < -0.3 is 9.30 Å². The average molecular weight is 305 g/mol. The van der Waals surface area contributed by atoms with E-state index in [2.05, 4.69) is 21.0 Å². The first kappa shape index (κ1) is 13.5. The van der Waals surface area contributed by atoms with Crippen LogP contribution in [0.25, 0.3) is 28.1 Å². The van der Waals surface area contributed by atoms with E-state index in [0.29, 0.717) is 5.88 Å². The molecule has 0 amide bonds. The molecule has 0 atom stereocenters. The van der Waals surface area contributed by atoms with Crippen molar-refractivity contribution in [1.82, 2.24) is 24.1 Å². The number of pyridine rings is 1. The summed E-state index contributed by atoms with van der Waals surface area (Å²) in [4.78, 5) is 13.0. The second kappa shape index (κ2) is 5.24. The van der Waals surface area contributed by atoms with E-state index in [1.165, 1.54) is 0 Å². The van der Waals surface area contributed by atoms with Gasteiger partial charge >= 0.3 is 0 Å². The largest absolute Gasteiger partial charge is 0.481 e. The fourth-order valence-electron chi connectivity index (χ4n) is 2.65. The second-order valence-electron chi connectivity index (χ2n) is 5.24. The third kappa shape index (κ3) is 2.24. The molecule has 0 saturated carbocycles. The first-order chi connectivity index (χ1) is 11.3. The van der Waals surface area contributed by atoms with Crippen LogP contribution >= 0.6 is 0 Å². The molecule has 0 spiro atoms. The number of ether oxygens (including phenoxy) is 1. The molecule has 0 fully saturated rings. The summed E-state index contributed by atoms with van der Waals surface area (Å²) in [5, 5.41) is 0. The highest BCUT2D eigenvalue weighted by Gasteiger charge is 2.10. The zero-order valence-corrected chi connectivity index (χ0v) is 12.8. The Bertz CT molecular complexity index is 985. The Morgan fingerprint density at radius 1 is 1.00 bits per heavy atom. The van der Waals surface area contributed by atoms with Gasteiger partial charge in [-0.1, -0.05) is 0 Å². The number of hydrogen-bond acceptors (Lipinski definition) is 4. The zero-order chi connectivity index (χ0) is 15.8. The van der Waals surface area contributed by atoms with Gasteiger partial charge in [-0.05, 0) is 24.3 Å². The van der Waals surface area contributed by atoms with E-state index >= 15 is 0 Å².